The van der Waals surface area contributed by atoms with Crippen molar-refractivity contribution in [3.05, 3.63) is 45.7 Å². The molecule has 0 aliphatic heterocycles. The fraction of sp³-hybridized carbons (Fsp3) is 0.444. The Balaban J connectivity index is 2.34. The van der Waals surface area contributed by atoms with Gasteiger partial charge in [-0.15, -0.1) is 0 Å². The molecule has 0 radical (unpaired) electrons. The summed E-state index contributed by atoms with van der Waals surface area (Å²) in [4.78, 5) is 23.8. The number of ether oxygens (including phenoxy) is 1. The third-order valence-corrected chi connectivity index (χ3v) is 3.83. The van der Waals surface area contributed by atoms with Crippen LogP contribution < -0.4 is 5.43 Å². The zero-order valence-corrected chi connectivity index (χ0v) is 13.8. The molecule has 0 saturated carbocycles. The number of aromatic nitrogens is 1. The minimum atomic E-state index is -1.20. The first-order valence-corrected chi connectivity index (χ1v) is 8.16. The molecule has 0 unspecified atom stereocenters. The van der Waals surface area contributed by atoms with Gasteiger partial charge in [0.1, 0.15) is 5.56 Å². The maximum absolute atomic E-state index is 12.4. The van der Waals surface area contributed by atoms with Crippen LogP contribution in [0.25, 0.3) is 10.9 Å². The Morgan fingerprint density at radius 2 is 2.08 bits per heavy atom. The second-order valence-corrected chi connectivity index (χ2v) is 5.66. The lowest BCUT2D eigenvalue weighted by atomic mass is 10.0. The molecule has 0 saturated heterocycles. The molecule has 6 heteroatoms. The standard InChI is InChI=1S/C18H23NO5/c1-2-7-19-12-15(18(22)23)17(21)14-11-13(5-6-16(14)19)4-3-9-24-10-8-20/h5-6,11-12,20H,2-4,7-10H2,1H3,(H,22,23). The van der Waals surface area contributed by atoms with Gasteiger partial charge in [0.15, 0.2) is 0 Å². The van der Waals surface area contributed by atoms with E-state index in [4.69, 9.17) is 9.84 Å². The number of pyridine rings is 1. The topological polar surface area (TPSA) is 88.8 Å². The fourth-order valence-corrected chi connectivity index (χ4v) is 2.72. The van der Waals surface area contributed by atoms with Crippen LogP contribution in [0.3, 0.4) is 0 Å². The van der Waals surface area contributed by atoms with Crippen LogP contribution in [-0.4, -0.2) is 40.6 Å². The van der Waals surface area contributed by atoms with Crippen molar-refractivity contribution in [3.8, 4) is 0 Å². The number of hydrogen-bond donors (Lipinski definition) is 2. The number of carbonyl (C=O) groups is 1. The number of nitrogens with zero attached hydrogens (tertiary/aromatic N) is 1. The first-order valence-electron chi connectivity index (χ1n) is 8.16. The van der Waals surface area contributed by atoms with E-state index in [1.165, 1.54) is 6.20 Å². The Bertz CT molecular complexity index is 766. The summed E-state index contributed by atoms with van der Waals surface area (Å²) >= 11 is 0. The average Bonchev–Trinajstić information content (AvgIpc) is 2.57. The largest absolute Gasteiger partial charge is 0.477 e. The summed E-state index contributed by atoms with van der Waals surface area (Å²) in [6.07, 6.45) is 3.78. The van der Waals surface area contributed by atoms with E-state index in [1.54, 1.807) is 6.07 Å². The second-order valence-electron chi connectivity index (χ2n) is 5.66. The molecule has 24 heavy (non-hydrogen) atoms. The molecule has 0 bridgehead atoms. The number of hydrogen-bond acceptors (Lipinski definition) is 4. The third kappa shape index (κ3) is 4.21. The first-order chi connectivity index (χ1) is 11.6. The van der Waals surface area contributed by atoms with E-state index in [-0.39, 0.29) is 12.2 Å². The molecule has 0 fully saturated rings. The van der Waals surface area contributed by atoms with Crippen LogP contribution in [0.2, 0.25) is 0 Å². The van der Waals surface area contributed by atoms with Crippen molar-refractivity contribution in [2.75, 3.05) is 19.8 Å². The summed E-state index contributed by atoms with van der Waals surface area (Å²) < 4.78 is 7.05. The highest BCUT2D eigenvalue weighted by Crippen LogP contribution is 2.16. The van der Waals surface area contributed by atoms with Crippen molar-refractivity contribution >= 4 is 16.9 Å². The molecule has 130 valence electrons. The van der Waals surface area contributed by atoms with Gasteiger partial charge in [0.2, 0.25) is 5.43 Å². The lowest BCUT2D eigenvalue weighted by Gasteiger charge is -2.12. The normalized spacial score (nSPS) is 11.1. The molecule has 0 spiro atoms. The molecule has 2 aromatic rings. The van der Waals surface area contributed by atoms with E-state index in [0.29, 0.717) is 25.1 Å². The number of fused-ring (bicyclic) bond motifs is 1. The van der Waals surface area contributed by atoms with E-state index in [1.807, 2.05) is 23.6 Å². The molecule has 2 rings (SSSR count). The smallest absolute Gasteiger partial charge is 0.341 e. The minimum Gasteiger partial charge on any atom is -0.477 e. The van der Waals surface area contributed by atoms with E-state index in [0.717, 1.165) is 30.3 Å². The van der Waals surface area contributed by atoms with Crippen LogP contribution >= 0.6 is 0 Å². The highest BCUT2D eigenvalue weighted by atomic mass is 16.5. The SMILES string of the molecule is CCCn1cc(C(=O)O)c(=O)c2cc(CCCOCCO)ccc21. The summed E-state index contributed by atoms with van der Waals surface area (Å²) in [5.74, 6) is -1.20. The Morgan fingerprint density at radius 1 is 1.29 bits per heavy atom. The Hall–Kier alpha value is -2.18. The van der Waals surface area contributed by atoms with Crippen molar-refractivity contribution < 1.29 is 19.7 Å². The molecule has 2 N–H and O–H groups in total. The van der Waals surface area contributed by atoms with Crippen LogP contribution in [0.15, 0.2) is 29.2 Å². The molecule has 0 amide bonds. The third-order valence-electron chi connectivity index (χ3n) is 3.83. The molecule has 0 atom stereocenters. The van der Waals surface area contributed by atoms with Crippen molar-refractivity contribution in [1.82, 2.24) is 4.57 Å². The van der Waals surface area contributed by atoms with Gasteiger partial charge < -0.3 is 19.5 Å². The van der Waals surface area contributed by atoms with Crippen LogP contribution in [-0.2, 0) is 17.7 Å². The fourth-order valence-electron chi connectivity index (χ4n) is 2.72. The predicted molar refractivity (Wildman–Crippen MR) is 91.7 cm³/mol. The van der Waals surface area contributed by atoms with E-state index in [9.17, 15) is 14.7 Å². The molecular weight excluding hydrogens is 310 g/mol. The molecular formula is C18H23NO5. The highest BCUT2D eigenvalue weighted by Gasteiger charge is 2.14. The van der Waals surface area contributed by atoms with Crippen molar-refractivity contribution in [2.45, 2.75) is 32.7 Å². The molecule has 0 aliphatic rings. The van der Waals surface area contributed by atoms with Gasteiger partial charge in [-0.1, -0.05) is 13.0 Å². The lowest BCUT2D eigenvalue weighted by Crippen LogP contribution is -2.19. The molecule has 0 aliphatic carbocycles. The quantitative estimate of drug-likeness (QED) is 0.686. The predicted octanol–water partition coefficient (Wildman–Crippen LogP) is 2.05. The summed E-state index contributed by atoms with van der Waals surface area (Å²) in [5, 5.41) is 18.4. The van der Waals surface area contributed by atoms with Gasteiger partial charge in [-0.05, 0) is 37.0 Å². The van der Waals surface area contributed by atoms with E-state index in [2.05, 4.69) is 0 Å². The van der Waals surface area contributed by atoms with Crippen LogP contribution in [0.5, 0.6) is 0 Å². The number of aryl methyl sites for hydroxylation is 2. The monoisotopic (exact) mass is 333 g/mol. The van der Waals surface area contributed by atoms with Crippen molar-refractivity contribution in [1.29, 1.82) is 0 Å². The number of carboxylic acid groups (broad SMARTS) is 1. The summed E-state index contributed by atoms with van der Waals surface area (Å²) in [6, 6.07) is 5.62. The lowest BCUT2D eigenvalue weighted by molar-refractivity contribution is 0.0695. The minimum absolute atomic E-state index is 0.00487. The number of aromatic carboxylic acids is 1. The average molecular weight is 333 g/mol. The van der Waals surface area contributed by atoms with Gasteiger partial charge >= 0.3 is 5.97 Å². The molecule has 6 nitrogen and oxygen atoms in total. The first kappa shape index (κ1) is 18.2. The van der Waals surface area contributed by atoms with Crippen molar-refractivity contribution in [3.63, 3.8) is 0 Å². The second kappa shape index (κ2) is 8.61. The molecule has 1 aromatic carbocycles. The zero-order chi connectivity index (χ0) is 17.5. The number of benzene rings is 1. The summed E-state index contributed by atoms with van der Waals surface area (Å²) in [5.41, 5.74) is 1.09. The van der Waals surface area contributed by atoms with Gasteiger partial charge in [-0.3, -0.25) is 4.79 Å². The zero-order valence-electron chi connectivity index (χ0n) is 13.8. The van der Waals surface area contributed by atoms with Gasteiger partial charge in [-0.25, -0.2) is 4.79 Å². The number of aliphatic hydroxyl groups excluding tert-OH is 1. The van der Waals surface area contributed by atoms with Crippen LogP contribution in [0, 0.1) is 0 Å². The summed E-state index contributed by atoms with van der Waals surface area (Å²) in [7, 11) is 0. The van der Waals surface area contributed by atoms with Crippen LogP contribution in [0.4, 0.5) is 0 Å². The van der Waals surface area contributed by atoms with Crippen molar-refractivity contribution in [2.24, 2.45) is 0 Å². The maximum atomic E-state index is 12.4. The molecule has 1 aromatic heterocycles. The summed E-state index contributed by atoms with van der Waals surface area (Å²) in [6.45, 7) is 3.52. The Morgan fingerprint density at radius 3 is 2.75 bits per heavy atom. The Labute approximate surface area is 140 Å². The van der Waals surface area contributed by atoms with E-state index >= 15 is 0 Å². The Kier molecular flexibility index (Phi) is 6.52. The van der Waals surface area contributed by atoms with Gasteiger partial charge in [0.25, 0.3) is 0 Å². The number of carboxylic acids is 1. The van der Waals surface area contributed by atoms with Crippen LogP contribution in [0.1, 0.15) is 35.7 Å². The van der Waals surface area contributed by atoms with Gasteiger partial charge in [-0.2, -0.15) is 0 Å². The highest BCUT2D eigenvalue weighted by molar-refractivity contribution is 5.92. The number of rotatable bonds is 9. The number of aliphatic hydroxyl groups is 1. The van der Waals surface area contributed by atoms with Gasteiger partial charge in [0, 0.05) is 24.7 Å². The molecule has 1 heterocycles. The van der Waals surface area contributed by atoms with E-state index < -0.39 is 11.4 Å². The van der Waals surface area contributed by atoms with Gasteiger partial charge in [0.05, 0.1) is 18.7 Å². The maximum Gasteiger partial charge on any atom is 0.341 e.